The lowest BCUT2D eigenvalue weighted by Gasteiger charge is -2.13. The van der Waals surface area contributed by atoms with E-state index < -0.39 is 15.8 Å². The Kier molecular flexibility index (Phi) is 10.1. The van der Waals surface area contributed by atoms with E-state index in [9.17, 15) is 12.8 Å². The van der Waals surface area contributed by atoms with Gasteiger partial charge in [-0.2, -0.15) is 0 Å². The minimum atomic E-state index is -3.60. The summed E-state index contributed by atoms with van der Waals surface area (Å²) in [6, 6.07) is 9.94. The van der Waals surface area contributed by atoms with Gasteiger partial charge < -0.3 is 10.6 Å². The number of rotatable bonds is 8. The first-order valence-electron chi connectivity index (χ1n) is 8.51. The molecule has 0 fully saturated rings. The van der Waals surface area contributed by atoms with E-state index in [-0.39, 0.29) is 42.0 Å². The molecule has 0 radical (unpaired) electrons. The molecule has 2 aromatic rings. The highest BCUT2D eigenvalue weighted by Crippen LogP contribution is 2.14. The molecule has 0 saturated carbocycles. The Morgan fingerprint density at radius 3 is 2.57 bits per heavy atom. The third-order valence-corrected chi connectivity index (χ3v) is 5.02. The number of guanidine groups is 1. The summed E-state index contributed by atoms with van der Waals surface area (Å²) in [4.78, 5) is 8.29. The third-order valence-electron chi connectivity index (χ3n) is 3.73. The highest BCUT2D eigenvalue weighted by Gasteiger charge is 2.11. The van der Waals surface area contributed by atoms with Gasteiger partial charge in [-0.3, -0.25) is 14.7 Å². The van der Waals surface area contributed by atoms with Gasteiger partial charge in [-0.1, -0.05) is 12.1 Å². The number of hydrogen-bond acceptors (Lipinski definition) is 4. The first kappa shape index (κ1) is 24.1. The normalized spacial score (nSPS) is 11.5. The Labute approximate surface area is 182 Å². The van der Waals surface area contributed by atoms with E-state index >= 15 is 0 Å². The highest BCUT2D eigenvalue weighted by atomic mass is 127. The molecule has 0 saturated heterocycles. The van der Waals surface area contributed by atoms with Gasteiger partial charge in [-0.25, -0.2) is 12.8 Å². The van der Waals surface area contributed by atoms with Crippen molar-refractivity contribution >= 4 is 45.6 Å². The van der Waals surface area contributed by atoms with Gasteiger partial charge >= 0.3 is 0 Å². The molecule has 0 spiro atoms. The average molecular weight is 521 g/mol. The molecule has 0 bridgehead atoms. The van der Waals surface area contributed by atoms with E-state index in [4.69, 9.17) is 0 Å². The maximum Gasteiger partial charge on any atom is 0.234 e. The molecule has 3 N–H and O–H groups in total. The molecule has 2 rings (SSSR count). The molecule has 0 unspecified atom stereocenters. The van der Waals surface area contributed by atoms with Gasteiger partial charge in [0.2, 0.25) is 10.0 Å². The van der Waals surface area contributed by atoms with Gasteiger partial charge in [0.1, 0.15) is 5.82 Å². The lowest BCUT2D eigenvalue weighted by atomic mass is 10.2. The molecule has 0 atom stereocenters. The number of aromatic nitrogens is 1. The van der Waals surface area contributed by atoms with Gasteiger partial charge in [0.15, 0.2) is 5.96 Å². The number of hydrogen-bond donors (Lipinski definition) is 3. The van der Waals surface area contributed by atoms with Gasteiger partial charge in [0.05, 0.1) is 11.4 Å². The van der Waals surface area contributed by atoms with Crippen LogP contribution in [0.3, 0.4) is 0 Å². The number of halogens is 2. The molecule has 7 nitrogen and oxygen atoms in total. The second kappa shape index (κ2) is 11.8. The molecule has 0 aliphatic heterocycles. The van der Waals surface area contributed by atoms with Crippen LogP contribution in [0.25, 0.3) is 0 Å². The van der Waals surface area contributed by atoms with Crippen LogP contribution in [0.5, 0.6) is 0 Å². The minimum Gasteiger partial charge on any atom is -0.356 e. The zero-order valence-electron chi connectivity index (χ0n) is 15.8. The van der Waals surface area contributed by atoms with Crippen molar-refractivity contribution in [3.05, 3.63) is 59.7 Å². The number of nitrogens with one attached hydrogen (secondary N) is 3. The third kappa shape index (κ3) is 8.38. The van der Waals surface area contributed by atoms with Crippen LogP contribution >= 0.6 is 24.0 Å². The van der Waals surface area contributed by atoms with Crippen molar-refractivity contribution in [1.82, 2.24) is 15.6 Å². The fraction of sp³-hybridized carbons (Fsp3) is 0.333. The van der Waals surface area contributed by atoms with Crippen LogP contribution in [0, 0.1) is 12.7 Å². The summed E-state index contributed by atoms with van der Waals surface area (Å²) in [7, 11) is -1.99. The van der Waals surface area contributed by atoms with Crippen LogP contribution in [0.4, 0.5) is 10.1 Å². The van der Waals surface area contributed by atoms with E-state index in [0.717, 1.165) is 12.1 Å². The molecule has 1 heterocycles. The van der Waals surface area contributed by atoms with Crippen molar-refractivity contribution < 1.29 is 12.8 Å². The van der Waals surface area contributed by atoms with Crippen molar-refractivity contribution in [1.29, 1.82) is 0 Å². The lowest BCUT2D eigenvalue weighted by molar-refractivity contribution is 0.599. The largest absolute Gasteiger partial charge is 0.356 e. The molecule has 28 heavy (non-hydrogen) atoms. The molecule has 0 aliphatic carbocycles. The second-order valence-corrected chi connectivity index (χ2v) is 7.72. The van der Waals surface area contributed by atoms with E-state index in [2.05, 4.69) is 25.3 Å². The maximum absolute atomic E-state index is 13.5. The Morgan fingerprint density at radius 1 is 1.18 bits per heavy atom. The summed E-state index contributed by atoms with van der Waals surface area (Å²) in [5, 5.41) is 6.04. The average Bonchev–Trinajstić information content (AvgIpc) is 2.64. The Morgan fingerprint density at radius 2 is 1.93 bits per heavy atom. The first-order chi connectivity index (χ1) is 12.9. The highest BCUT2D eigenvalue weighted by molar-refractivity contribution is 14.0. The predicted octanol–water partition coefficient (Wildman–Crippen LogP) is 2.30. The topological polar surface area (TPSA) is 95.5 Å². The summed E-state index contributed by atoms with van der Waals surface area (Å²) in [5.74, 6) is -0.128. The number of sulfonamides is 1. The van der Waals surface area contributed by atoms with Crippen molar-refractivity contribution in [2.75, 3.05) is 30.6 Å². The van der Waals surface area contributed by atoms with Crippen LogP contribution in [-0.4, -0.2) is 45.3 Å². The zero-order valence-corrected chi connectivity index (χ0v) is 18.9. The molecule has 1 aromatic heterocycles. The second-order valence-electron chi connectivity index (χ2n) is 5.88. The van der Waals surface area contributed by atoms with Crippen LogP contribution in [0.15, 0.2) is 47.6 Å². The minimum absolute atomic E-state index is 0. The van der Waals surface area contributed by atoms with Crippen molar-refractivity contribution in [3.63, 3.8) is 0 Å². The summed E-state index contributed by atoms with van der Waals surface area (Å²) >= 11 is 0. The predicted molar refractivity (Wildman–Crippen MR) is 121 cm³/mol. The number of benzene rings is 1. The van der Waals surface area contributed by atoms with Crippen LogP contribution in [-0.2, 0) is 16.4 Å². The smallest absolute Gasteiger partial charge is 0.234 e. The van der Waals surface area contributed by atoms with Crippen molar-refractivity contribution in [3.8, 4) is 0 Å². The fourth-order valence-corrected chi connectivity index (χ4v) is 3.23. The molecule has 0 amide bonds. The standard InChI is InChI=1S/C18H24FN5O2S.HI/c1-14-6-7-16(13-17(14)19)24-27(25,26)12-11-23-18(20-2)22-10-8-15-5-3-4-9-21-15;/h3-7,9,13,24H,8,10-12H2,1-2H3,(H2,20,22,23);1H. The Bertz CT molecular complexity index is 879. The van der Waals surface area contributed by atoms with E-state index in [0.29, 0.717) is 18.1 Å². The molecule has 1 aromatic carbocycles. The van der Waals surface area contributed by atoms with E-state index in [1.165, 1.54) is 18.2 Å². The monoisotopic (exact) mass is 521 g/mol. The van der Waals surface area contributed by atoms with Gasteiger partial charge in [-0.15, -0.1) is 24.0 Å². The lowest BCUT2D eigenvalue weighted by Crippen LogP contribution is -2.41. The maximum atomic E-state index is 13.5. The molecule has 0 aliphatic rings. The fourth-order valence-electron chi connectivity index (χ4n) is 2.27. The number of aliphatic imine (C=N–C) groups is 1. The molecule has 10 heteroatoms. The van der Waals surface area contributed by atoms with Crippen molar-refractivity contribution in [2.45, 2.75) is 13.3 Å². The number of aryl methyl sites for hydroxylation is 1. The van der Waals surface area contributed by atoms with E-state index in [1.807, 2.05) is 18.2 Å². The summed E-state index contributed by atoms with van der Waals surface area (Å²) in [5.41, 5.74) is 1.62. The first-order valence-corrected chi connectivity index (χ1v) is 10.2. The Balaban J connectivity index is 0.00000392. The summed E-state index contributed by atoms with van der Waals surface area (Å²) in [6.45, 7) is 2.39. The number of nitrogens with zero attached hydrogens (tertiary/aromatic N) is 2. The van der Waals surface area contributed by atoms with Gasteiger partial charge in [0, 0.05) is 38.4 Å². The molecular weight excluding hydrogens is 496 g/mol. The van der Waals surface area contributed by atoms with E-state index in [1.54, 1.807) is 20.2 Å². The van der Waals surface area contributed by atoms with Gasteiger partial charge in [-0.05, 0) is 36.8 Å². The van der Waals surface area contributed by atoms with Crippen LogP contribution in [0.1, 0.15) is 11.3 Å². The Hall–Kier alpha value is -1.95. The number of anilines is 1. The van der Waals surface area contributed by atoms with Gasteiger partial charge in [0.25, 0.3) is 0 Å². The van der Waals surface area contributed by atoms with Crippen LogP contribution < -0.4 is 15.4 Å². The summed E-state index contributed by atoms with van der Waals surface area (Å²) in [6.07, 6.45) is 2.46. The number of pyridine rings is 1. The van der Waals surface area contributed by atoms with Crippen molar-refractivity contribution in [2.24, 2.45) is 4.99 Å². The summed E-state index contributed by atoms with van der Waals surface area (Å²) < 4.78 is 40.1. The molecular formula is C18H25FIN5O2S. The quantitative estimate of drug-likeness (QED) is 0.282. The zero-order chi connectivity index (χ0) is 19.7. The van der Waals surface area contributed by atoms with Crippen LogP contribution in [0.2, 0.25) is 0 Å². The SMILES string of the molecule is CN=C(NCCc1ccccn1)NCCS(=O)(=O)Nc1ccc(C)c(F)c1.I. The molecule has 154 valence electrons.